The van der Waals surface area contributed by atoms with E-state index in [4.69, 9.17) is 15.3 Å². The zero-order chi connectivity index (χ0) is 8.59. The van der Waals surface area contributed by atoms with Crippen molar-refractivity contribution in [3.8, 4) is 0 Å². The van der Waals surface area contributed by atoms with Crippen LogP contribution in [0.4, 0.5) is 0 Å². The minimum atomic E-state index is -1.84. The molecule has 6 heteroatoms. The van der Waals surface area contributed by atoms with Gasteiger partial charge in [0.15, 0.2) is 12.2 Å². The Balaban J connectivity index is 2.78. The van der Waals surface area contributed by atoms with Crippen LogP contribution in [0.1, 0.15) is 0 Å². The first kappa shape index (κ1) is 8.12. The van der Waals surface area contributed by atoms with Crippen LogP contribution in [0.15, 0.2) is 0 Å². The quantitative estimate of drug-likeness (QED) is 0.261. The summed E-state index contributed by atoms with van der Waals surface area (Å²) in [5, 5.41) is 26.2. The van der Waals surface area contributed by atoms with E-state index in [1.807, 2.05) is 0 Å². The Kier molecular flexibility index (Phi) is 1.90. The predicted octanol–water partition coefficient (Wildman–Crippen LogP) is -2.85. The highest BCUT2D eigenvalue weighted by Crippen LogP contribution is 2.10. The standard InChI is InChI=1S/C5H6O6/c6-1-2(7)4(9)11-5(10)3(1)8/h1-3,6-8H/t1?,2-,3+. The van der Waals surface area contributed by atoms with Crippen molar-refractivity contribution in [3.63, 3.8) is 0 Å². The summed E-state index contributed by atoms with van der Waals surface area (Å²) >= 11 is 0. The van der Waals surface area contributed by atoms with Crippen LogP contribution in [0.2, 0.25) is 0 Å². The molecule has 1 unspecified atom stereocenters. The Morgan fingerprint density at radius 1 is 1.00 bits per heavy atom. The van der Waals surface area contributed by atoms with E-state index in [0.717, 1.165) is 0 Å². The molecule has 3 atom stereocenters. The molecule has 0 aromatic rings. The largest absolute Gasteiger partial charge is 0.389 e. The molecule has 0 spiro atoms. The van der Waals surface area contributed by atoms with Crippen LogP contribution in [0.5, 0.6) is 0 Å². The highest BCUT2D eigenvalue weighted by molar-refractivity contribution is 5.93. The molecular formula is C5H6O6. The molecule has 0 saturated carbocycles. The molecule has 1 saturated heterocycles. The average Bonchev–Trinajstić information content (AvgIpc) is 1.97. The fraction of sp³-hybridized carbons (Fsp3) is 0.600. The number of hydrogen-bond donors (Lipinski definition) is 3. The van der Waals surface area contributed by atoms with Crippen molar-refractivity contribution in [2.45, 2.75) is 18.3 Å². The van der Waals surface area contributed by atoms with Gasteiger partial charge in [-0.1, -0.05) is 0 Å². The highest BCUT2D eigenvalue weighted by atomic mass is 16.6. The predicted molar refractivity (Wildman–Crippen MR) is 29.1 cm³/mol. The molecule has 0 radical (unpaired) electrons. The van der Waals surface area contributed by atoms with Gasteiger partial charge in [0.05, 0.1) is 0 Å². The van der Waals surface area contributed by atoms with E-state index in [1.54, 1.807) is 0 Å². The van der Waals surface area contributed by atoms with Crippen LogP contribution < -0.4 is 0 Å². The van der Waals surface area contributed by atoms with Crippen LogP contribution in [0.3, 0.4) is 0 Å². The van der Waals surface area contributed by atoms with Gasteiger partial charge in [-0.3, -0.25) is 0 Å². The second-order valence-electron chi connectivity index (χ2n) is 2.12. The van der Waals surface area contributed by atoms with E-state index in [1.165, 1.54) is 0 Å². The zero-order valence-corrected chi connectivity index (χ0v) is 5.30. The third-order valence-corrected chi connectivity index (χ3v) is 1.33. The van der Waals surface area contributed by atoms with E-state index >= 15 is 0 Å². The Morgan fingerprint density at radius 2 is 1.36 bits per heavy atom. The number of aliphatic hydroxyl groups excluding tert-OH is 3. The molecule has 11 heavy (non-hydrogen) atoms. The van der Waals surface area contributed by atoms with Crippen LogP contribution >= 0.6 is 0 Å². The smallest absolute Gasteiger partial charge is 0.345 e. The number of esters is 2. The number of hydrogen-bond acceptors (Lipinski definition) is 6. The molecule has 0 amide bonds. The Labute approximate surface area is 61.0 Å². The van der Waals surface area contributed by atoms with Crippen molar-refractivity contribution >= 4 is 11.9 Å². The molecule has 0 aromatic carbocycles. The van der Waals surface area contributed by atoms with Crippen LogP contribution in [0, 0.1) is 0 Å². The molecule has 1 heterocycles. The van der Waals surface area contributed by atoms with Crippen LogP contribution in [-0.2, 0) is 14.3 Å². The number of ether oxygens (including phenoxy) is 1. The first-order chi connectivity index (χ1) is 5.04. The van der Waals surface area contributed by atoms with E-state index in [-0.39, 0.29) is 0 Å². The maximum atomic E-state index is 10.4. The Hall–Kier alpha value is -0.980. The number of cyclic esters (lactones) is 2. The van der Waals surface area contributed by atoms with E-state index in [9.17, 15) is 9.59 Å². The summed E-state index contributed by atoms with van der Waals surface area (Å²) in [4.78, 5) is 20.8. The van der Waals surface area contributed by atoms with Crippen molar-refractivity contribution in [1.29, 1.82) is 0 Å². The fourth-order valence-electron chi connectivity index (χ4n) is 0.671. The van der Waals surface area contributed by atoms with Gasteiger partial charge in [-0.15, -0.1) is 0 Å². The minimum absolute atomic E-state index is 1.24. The van der Waals surface area contributed by atoms with Gasteiger partial charge in [0.1, 0.15) is 6.10 Å². The molecular weight excluding hydrogens is 156 g/mol. The summed E-state index contributed by atoms with van der Waals surface area (Å²) in [6, 6.07) is 0. The third-order valence-electron chi connectivity index (χ3n) is 1.33. The number of carbonyl (C=O) groups is 2. The molecule has 6 nitrogen and oxygen atoms in total. The number of aliphatic hydroxyl groups is 3. The van der Waals surface area contributed by atoms with Gasteiger partial charge >= 0.3 is 11.9 Å². The molecule has 1 rings (SSSR count). The van der Waals surface area contributed by atoms with Crippen molar-refractivity contribution in [2.24, 2.45) is 0 Å². The lowest BCUT2D eigenvalue weighted by atomic mass is 10.1. The lowest BCUT2D eigenvalue weighted by molar-refractivity contribution is -0.195. The van der Waals surface area contributed by atoms with Crippen molar-refractivity contribution < 1.29 is 29.6 Å². The van der Waals surface area contributed by atoms with Gasteiger partial charge in [-0.25, -0.2) is 9.59 Å². The Bertz CT molecular complexity index is 179. The Morgan fingerprint density at radius 3 is 1.73 bits per heavy atom. The van der Waals surface area contributed by atoms with Crippen molar-refractivity contribution in [1.82, 2.24) is 0 Å². The SMILES string of the molecule is O=C1OC(=O)[C@H](O)C(O)[C@@H]1O. The molecule has 3 N–H and O–H groups in total. The monoisotopic (exact) mass is 162 g/mol. The second-order valence-corrected chi connectivity index (χ2v) is 2.12. The maximum absolute atomic E-state index is 10.4. The summed E-state index contributed by atoms with van der Waals surface area (Å²) in [6.45, 7) is 0. The normalized spacial score (nSPS) is 38.6. The number of rotatable bonds is 0. The molecule has 0 bridgehead atoms. The zero-order valence-electron chi connectivity index (χ0n) is 5.30. The van der Waals surface area contributed by atoms with E-state index in [0.29, 0.717) is 0 Å². The molecule has 1 aliphatic rings. The molecule has 62 valence electrons. The summed E-state index contributed by atoms with van der Waals surface area (Å²) in [7, 11) is 0. The lowest BCUT2D eigenvalue weighted by Crippen LogP contribution is -2.53. The summed E-state index contributed by atoms with van der Waals surface area (Å²) in [5.74, 6) is -2.49. The van der Waals surface area contributed by atoms with Gasteiger partial charge in [0, 0.05) is 0 Å². The van der Waals surface area contributed by atoms with Gasteiger partial charge in [-0.2, -0.15) is 0 Å². The molecule has 0 aliphatic carbocycles. The number of carbonyl (C=O) groups excluding carboxylic acids is 2. The summed E-state index contributed by atoms with van der Waals surface area (Å²) in [5.41, 5.74) is 0. The van der Waals surface area contributed by atoms with Gasteiger partial charge in [0.2, 0.25) is 0 Å². The van der Waals surface area contributed by atoms with E-state index in [2.05, 4.69) is 4.74 Å². The minimum Gasteiger partial charge on any atom is -0.389 e. The summed E-state index contributed by atoms with van der Waals surface area (Å²) in [6.07, 6.45) is -5.48. The van der Waals surface area contributed by atoms with Gasteiger partial charge in [0.25, 0.3) is 0 Å². The molecule has 0 aromatic heterocycles. The van der Waals surface area contributed by atoms with Gasteiger partial charge < -0.3 is 20.1 Å². The van der Waals surface area contributed by atoms with E-state index < -0.39 is 30.3 Å². The van der Waals surface area contributed by atoms with Gasteiger partial charge in [-0.05, 0) is 0 Å². The second kappa shape index (κ2) is 2.57. The van der Waals surface area contributed by atoms with Crippen LogP contribution in [-0.4, -0.2) is 45.6 Å². The first-order valence-electron chi connectivity index (χ1n) is 2.84. The topological polar surface area (TPSA) is 104 Å². The summed E-state index contributed by atoms with van der Waals surface area (Å²) < 4.78 is 3.84. The van der Waals surface area contributed by atoms with Crippen LogP contribution in [0.25, 0.3) is 0 Å². The third kappa shape index (κ3) is 1.23. The maximum Gasteiger partial charge on any atom is 0.345 e. The highest BCUT2D eigenvalue weighted by Gasteiger charge is 2.43. The van der Waals surface area contributed by atoms with Crippen molar-refractivity contribution in [3.05, 3.63) is 0 Å². The molecule has 1 fully saturated rings. The first-order valence-corrected chi connectivity index (χ1v) is 2.84. The van der Waals surface area contributed by atoms with Crippen molar-refractivity contribution in [2.75, 3.05) is 0 Å². The fourth-order valence-corrected chi connectivity index (χ4v) is 0.671. The molecule has 1 aliphatic heterocycles. The lowest BCUT2D eigenvalue weighted by Gasteiger charge is -2.24. The average molecular weight is 162 g/mol.